The van der Waals surface area contributed by atoms with Gasteiger partial charge < -0.3 is 9.80 Å². The van der Waals surface area contributed by atoms with Crippen molar-refractivity contribution in [2.75, 3.05) is 38.0 Å². The summed E-state index contributed by atoms with van der Waals surface area (Å²) in [5, 5.41) is 9.08. The van der Waals surface area contributed by atoms with Crippen molar-refractivity contribution in [1.29, 1.82) is 0 Å². The van der Waals surface area contributed by atoms with Crippen LogP contribution in [0.4, 0.5) is 11.4 Å². The lowest BCUT2D eigenvalue weighted by Gasteiger charge is -2.13. The van der Waals surface area contributed by atoms with Crippen LogP contribution in [0.15, 0.2) is 84.9 Å². The van der Waals surface area contributed by atoms with Crippen LogP contribution in [0, 0.1) is 0 Å². The second-order valence-corrected chi connectivity index (χ2v) is 8.84. The number of fused-ring (bicyclic) bond motifs is 1. The maximum Gasteiger partial charge on any atom is 0.137 e. The topological polar surface area (TPSA) is 49.6 Å². The first-order chi connectivity index (χ1) is 16.5. The molecule has 0 aliphatic heterocycles. The Kier molecular flexibility index (Phi) is 5.72. The van der Waals surface area contributed by atoms with Gasteiger partial charge in [0.2, 0.25) is 0 Å². The van der Waals surface area contributed by atoms with Crippen LogP contribution in [-0.4, -0.2) is 48.0 Å². The average molecular weight is 449 g/mol. The third-order valence-corrected chi connectivity index (χ3v) is 6.01. The van der Waals surface area contributed by atoms with Gasteiger partial charge in [-0.2, -0.15) is 4.52 Å². The van der Waals surface area contributed by atoms with Crippen molar-refractivity contribution in [2.24, 2.45) is 0 Å². The quantitative estimate of drug-likeness (QED) is 0.358. The zero-order chi connectivity index (χ0) is 23.7. The lowest BCUT2D eigenvalue weighted by Crippen LogP contribution is -2.09. The van der Waals surface area contributed by atoms with E-state index in [2.05, 4.69) is 86.8 Å². The molecule has 2 heterocycles. The van der Waals surface area contributed by atoms with Gasteiger partial charge in [-0.05, 0) is 35.9 Å². The van der Waals surface area contributed by atoms with Gasteiger partial charge in [0, 0.05) is 57.1 Å². The van der Waals surface area contributed by atoms with Crippen LogP contribution in [0.5, 0.6) is 0 Å². The standard InChI is InChI=1S/C28H28N6/c1-32(2)23-14-10-20(11-15-23)18-27-29-25(21-8-6-5-7-9-21)19-26-28(30-31-34(26)27)22-12-16-24(17-13-22)33(3)4/h5-17,19H,18H2,1-4H3. The predicted octanol–water partition coefficient (Wildman–Crippen LogP) is 5.18. The Balaban J connectivity index is 1.62. The average Bonchev–Trinajstić information content (AvgIpc) is 3.29. The number of rotatable bonds is 6. The zero-order valence-electron chi connectivity index (χ0n) is 20.0. The molecule has 0 saturated carbocycles. The lowest BCUT2D eigenvalue weighted by molar-refractivity contribution is 0.776. The van der Waals surface area contributed by atoms with Crippen molar-refractivity contribution in [3.8, 4) is 22.5 Å². The normalized spacial score (nSPS) is 11.1. The summed E-state index contributed by atoms with van der Waals surface area (Å²) < 4.78 is 1.88. The highest BCUT2D eigenvalue weighted by molar-refractivity contribution is 5.80. The summed E-state index contributed by atoms with van der Waals surface area (Å²) >= 11 is 0. The fraction of sp³-hybridized carbons (Fsp3) is 0.179. The molecule has 0 atom stereocenters. The monoisotopic (exact) mass is 448 g/mol. The molecule has 6 nitrogen and oxygen atoms in total. The Labute approximate surface area is 200 Å². The van der Waals surface area contributed by atoms with E-state index in [4.69, 9.17) is 4.98 Å². The maximum absolute atomic E-state index is 5.01. The van der Waals surface area contributed by atoms with Gasteiger partial charge in [-0.1, -0.05) is 59.8 Å². The molecule has 0 saturated heterocycles. The summed E-state index contributed by atoms with van der Waals surface area (Å²) in [6, 6.07) is 29.3. The number of hydrogen-bond donors (Lipinski definition) is 0. The Morgan fingerprint density at radius 1 is 0.706 bits per heavy atom. The minimum atomic E-state index is 0.660. The van der Waals surface area contributed by atoms with E-state index in [9.17, 15) is 0 Å². The SMILES string of the molecule is CN(C)c1ccc(Cc2nc(-c3ccccc3)cc3c(-c4ccc(N(C)C)cc4)nnn23)cc1. The van der Waals surface area contributed by atoms with Crippen molar-refractivity contribution in [1.82, 2.24) is 19.8 Å². The first kappa shape index (κ1) is 21.6. The number of nitrogens with zero attached hydrogens (tertiary/aromatic N) is 6. The molecule has 0 amide bonds. The molecule has 2 aromatic heterocycles. The van der Waals surface area contributed by atoms with Gasteiger partial charge in [-0.15, -0.1) is 5.10 Å². The van der Waals surface area contributed by atoms with Crippen molar-refractivity contribution >= 4 is 16.9 Å². The highest BCUT2D eigenvalue weighted by Gasteiger charge is 2.16. The van der Waals surface area contributed by atoms with Crippen LogP contribution in [0.3, 0.4) is 0 Å². The van der Waals surface area contributed by atoms with E-state index >= 15 is 0 Å². The third kappa shape index (κ3) is 4.22. The van der Waals surface area contributed by atoms with Gasteiger partial charge in [-0.3, -0.25) is 0 Å². The molecular weight excluding hydrogens is 420 g/mol. The molecule has 0 fully saturated rings. The van der Waals surface area contributed by atoms with Gasteiger partial charge in [0.1, 0.15) is 11.5 Å². The molecular formula is C28H28N6. The summed E-state index contributed by atoms with van der Waals surface area (Å²) in [7, 11) is 8.17. The molecule has 5 aromatic rings. The van der Waals surface area contributed by atoms with Crippen molar-refractivity contribution in [3.05, 3.63) is 96.3 Å². The molecule has 0 spiro atoms. The molecule has 5 rings (SSSR count). The van der Waals surface area contributed by atoms with E-state index < -0.39 is 0 Å². The van der Waals surface area contributed by atoms with Crippen LogP contribution >= 0.6 is 0 Å². The van der Waals surface area contributed by atoms with Gasteiger partial charge >= 0.3 is 0 Å². The summed E-state index contributed by atoms with van der Waals surface area (Å²) in [4.78, 5) is 9.20. The summed E-state index contributed by atoms with van der Waals surface area (Å²) in [6.45, 7) is 0. The first-order valence-corrected chi connectivity index (χ1v) is 11.3. The summed E-state index contributed by atoms with van der Waals surface area (Å²) in [6.07, 6.45) is 0.660. The summed E-state index contributed by atoms with van der Waals surface area (Å²) in [5.74, 6) is 0.859. The highest BCUT2D eigenvalue weighted by Crippen LogP contribution is 2.28. The molecule has 0 radical (unpaired) electrons. The number of anilines is 2. The summed E-state index contributed by atoms with van der Waals surface area (Å²) in [5.41, 5.74) is 8.33. The Hall–Kier alpha value is -4.19. The molecule has 6 heteroatoms. The van der Waals surface area contributed by atoms with Crippen LogP contribution in [0.1, 0.15) is 11.4 Å². The Morgan fingerprint density at radius 2 is 1.32 bits per heavy atom. The van der Waals surface area contributed by atoms with Crippen LogP contribution < -0.4 is 9.80 Å². The van der Waals surface area contributed by atoms with Gasteiger partial charge in [0.05, 0.1) is 11.2 Å². The predicted molar refractivity (Wildman–Crippen MR) is 140 cm³/mol. The minimum absolute atomic E-state index is 0.660. The highest BCUT2D eigenvalue weighted by atomic mass is 15.4. The van der Waals surface area contributed by atoms with E-state index in [0.717, 1.165) is 39.5 Å². The Morgan fingerprint density at radius 3 is 1.94 bits per heavy atom. The van der Waals surface area contributed by atoms with E-state index in [0.29, 0.717) is 6.42 Å². The van der Waals surface area contributed by atoms with Crippen molar-refractivity contribution in [2.45, 2.75) is 6.42 Å². The molecule has 0 N–H and O–H groups in total. The lowest BCUT2D eigenvalue weighted by atomic mass is 10.1. The van der Waals surface area contributed by atoms with Crippen molar-refractivity contribution in [3.63, 3.8) is 0 Å². The minimum Gasteiger partial charge on any atom is -0.378 e. The van der Waals surface area contributed by atoms with E-state index in [1.54, 1.807) is 0 Å². The van der Waals surface area contributed by atoms with Crippen LogP contribution in [0.25, 0.3) is 28.0 Å². The maximum atomic E-state index is 5.01. The fourth-order valence-electron chi connectivity index (χ4n) is 4.05. The van der Waals surface area contributed by atoms with Gasteiger partial charge in [0.15, 0.2) is 0 Å². The van der Waals surface area contributed by atoms with Gasteiger partial charge in [0.25, 0.3) is 0 Å². The fourth-order valence-corrected chi connectivity index (χ4v) is 4.05. The molecule has 0 bridgehead atoms. The first-order valence-electron chi connectivity index (χ1n) is 11.3. The van der Waals surface area contributed by atoms with E-state index in [-0.39, 0.29) is 0 Å². The third-order valence-electron chi connectivity index (χ3n) is 6.01. The number of benzene rings is 3. The number of hydrogen-bond acceptors (Lipinski definition) is 5. The van der Waals surface area contributed by atoms with E-state index in [1.807, 2.05) is 50.9 Å². The van der Waals surface area contributed by atoms with Crippen LogP contribution in [0.2, 0.25) is 0 Å². The zero-order valence-corrected chi connectivity index (χ0v) is 20.0. The Bertz CT molecular complexity index is 1400. The van der Waals surface area contributed by atoms with Crippen LogP contribution in [-0.2, 0) is 6.42 Å². The molecule has 34 heavy (non-hydrogen) atoms. The second-order valence-electron chi connectivity index (χ2n) is 8.84. The van der Waals surface area contributed by atoms with Gasteiger partial charge in [-0.25, -0.2) is 4.98 Å². The smallest absolute Gasteiger partial charge is 0.137 e. The molecule has 0 unspecified atom stereocenters. The van der Waals surface area contributed by atoms with E-state index in [1.165, 1.54) is 11.3 Å². The van der Waals surface area contributed by atoms with Crippen molar-refractivity contribution < 1.29 is 0 Å². The largest absolute Gasteiger partial charge is 0.378 e. The molecule has 3 aromatic carbocycles. The second kappa shape index (κ2) is 8.98. The number of aromatic nitrogens is 4. The molecule has 0 aliphatic carbocycles. The molecule has 0 aliphatic rings. The molecule has 170 valence electrons.